The number of anilines is 1. The summed E-state index contributed by atoms with van der Waals surface area (Å²) in [4.78, 5) is 24.1. The molecular formula is C17H15NO3. The third-order valence-electron chi connectivity index (χ3n) is 3.50. The number of amides is 1. The Morgan fingerprint density at radius 2 is 1.86 bits per heavy atom. The lowest BCUT2D eigenvalue weighted by atomic mass is 9.98. The number of nitrogens with one attached hydrogen (secondary N) is 1. The van der Waals surface area contributed by atoms with Crippen molar-refractivity contribution in [2.45, 2.75) is 19.4 Å². The topological polar surface area (TPSA) is 55.4 Å². The van der Waals surface area contributed by atoms with Gasteiger partial charge in [0.25, 0.3) is 5.91 Å². The summed E-state index contributed by atoms with van der Waals surface area (Å²) in [6, 6.07) is 14.7. The molecule has 21 heavy (non-hydrogen) atoms. The van der Waals surface area contributed by atoms with Crippen LogP contribution in [0.1, 0.15) is 21.5 Å². The third-order valence-corrected chi connectivity index (χ3v) is 3.50. The van der Waals surface area contributed by atoms with Gasteiger partial charge in [0.2, 0.25) is 0 Å². The van der Waals surface area contributed by atoms with E-state index in [2.05, 4.69) is 5.32 Å². The maximum atomic E-state index is 12.2. The zero-order valence-electron chi connectivity index (χ0n) is 11.6. The van der Waals surface area contributed by atoms with Gasteiger partial charge in [-0.2, -0.15) is 0 Å². The minimum Gasteiger partial charge on any atom is -0.448 e. The first kappa shape index (κ1) is 13.4. The number of esters is 1. The van der Waals surface area contributed by atoms with Crippen molar-refractivity contribution in [2.24, 2.45) is 0 Å². The molecule has 0 radical (unpaired) electrons. The molecule has 106 valence electrons. The van der Waals surface area contributed by atoms with E-state index in [0.29, 0.717) is 17.7 Å². The van der Waals surface area contributed by atoms with E-state index >= 15 is 0 Å². The molecule has 1 aliphatic heterocycles. The zero-order chi connectivity index (χ0) is 14.8. The van der Waals surface area contributed by atoms with Crippen molar-refractivity contribution in [1.82, 2.24) is 0 Å². The van der Waals surface area contributed by atoms with Gasteiger partial charge in [-0.15, -0.1) is 0 Å². The second kappa shape index (κ2) is 5.40. The summed E-state index contributed by atoms with van der Waals surface area (Å²) in [6.45, 7) is 1.98. The molecule has 3 rings (SSSR count). The highest BCUT2D eigenvalue weighted by molar-refractivity contribution is 6.00. The van der Waals surface area contributed by atoms with E-state index in [4.69, 9.17) is 4.74 Å². The number of aryl methyl sites for hydroxylation is 1. The summed E-state index contributed by atoms with van der Waals surface area (Å²) in [7, 11) is 0. The molecular weight excluding hydrogens is 266 g/mol. The van der Waals surface area contributed by atoms with Crippen LogP contribution >= 0.6 is 0 Å². The standard InChI is InChI=1S/C17H15NO3/c1-11-6-8-13(9-7-11)18-16(19)15-10-12-4-2-3-5-14(12)17(20)21-15/h2-9,15H,10H2,1H3,(H,18,19)/t15-/m1/s1. The van der Waals surface area contributed by atoms with Crippen molar-refractivity contribution in [3.8, 4) is 0 Å². The maximum Gasteiger partial charge on any atom is 0.339 e. The number of hydrogen-bond donors (Lipinski definition) is 1. The van der Waals surface area contributed by atoms with E-state index in [1.165, 1.54) is 0 Å². The van der Waals surface area contributed by atoms with Gasteiger partial charge in [0.05, 0.1) is 5.56 Å². The lowest BCUT2D eigenvalue weighted by Crippen LogP contribution is -2.37. The number of rotatable bonds is 2. The van der Waals surface area contributed by atoms with Crippen LogP contribution in [-0.4, -0.2) is 18.0 Å². The Bertz CT molecular complexity index is 691. The number of benzene rings is 2. The Morgan fingerprint density at radius 1 is 1.14 bits per heavy atom. The largest absolute Gasteiger partial charge is 0.448 e. The van der Waals surface area contributed by atoms with Gasteiger partial charge in [-0.25, -0.2) is 4.79 Å². The number of hydrogen-bond acceptors (Lipinski definition) is 3. The fourth-order valence-electron chi connectivity index (χ4n) is 2.34. The van der Waals surface area contributed by atoms with Crippen molar-refractivity contribution in [3.63, 3.8) is 0 Å². The third kappa shape index (κ3) is 2.79. The molecule has 0 fully saturated rings. The Morgan fingerprint density at radius 3 is 2.62 bits per heavy atom. The predicted octanol–water partition coefficient (Wildman–Crippen LogP) is 2.72. The van der Waals surface area contributed by atoms with Gasteiger partial charge in [0, 0.05) is 12.1 Å². The average Bonchev–Trinajstić information content (AvgIpc) is 2.49. The average molecular weight is 281 g/mol. The van der Waals surface area contributed by atoms with Crippen molar-refractivity contribution in [1.29, 1.82) is 0 Å². The number of carbonyl (C=O) groups excluding carboxylic acids is 2. The van der Waals surface area contributed by atoms with E-state index in [1.54, 1.807) is 12.1 Å². The lowest BCUT2D eigenvalue weighted by molar-refractivity contribution is -0.125. The van der Waals surface area contributed by atoms with E-state index < -0.39 is 12.1 Å². The predicted molar refractivity (Wildman–Crippen MR) is 79.2 cm³/mol. The van der Waals surface area contributed by atoms with Crippen LogP contribution in [0.25, 0.3) is 0 Å². The molecule has 2 aromatic carbocycles. The number of fused-ring (bicyclic) bond motifs is 1. The van der Waals surface area contributed by atoms with Crippen molar-refractivity contribution in [3.05, 3.63) is 65.2 Å². The fraction of sp³-hybridized carbons (Fsp3) is 0.176. The Kier molecular flexibility index (Phi) is 3.44. The van der Waals surface area contributed by atoms with Gasteiger partial charge >= 0.3 is 5.97 Å². The molecule has 1 N–H and O–H groups in total. The summed E-state index contributed by atoms with van der Waals surface area (Å²) in [6.07, 6.45) is -0.381. The van der Waals surface area contributed by atoms with Gasteiger partial charge in [0.15, 0.2) is 6.10 Å². The first-order chi connectivity index (χ1) is 10.1. The smallest absolute Gasteiger partial charge is 0.339 e. The second-order valence-corrected chi connectivity index (χ2v) is 5.11. The van der Waals surface area contributed by atoms with E-state index in [-0.39, 0.29) is 5.91 Å². The highest BCUT2D eigenvalue weighted by Gasteiger charge is 2.30. The molecule has 0 spiro atoms. The molecule has 4 nitrogen and oxygen atoms in total. The number of carbonyl (C=O) groups is 2. The van der Waals surface area contributed by atoms with Crippen molar-refractivity contribution >= 4 is 17.6 Å². The zero-order valence-corrected chi connectivity index (χ0v) is 11.6. The molecule has 0 unspecified atom stereocenters. The molecule has 0 saturated carbocycles. The number of cyclic esters (lactones) is 1. The van der Waals surface area contributed by atoms with E-state index in [1.807, 2.05) is 43.3 Å². The summed E-state index contributed by atoms with van der Waals surface area (Å²) >= 11 is 0. The van der Waals surface area contributed by atoms with Crippen LogP contribution in [0.4, 0.5) is 5.69 Å². The van der Waals surface area contributed by atoms with E-state index in [9.17, 15) is 9.59 Å². The van der Waals surface area contributed by atoms with Crippen LogP contribution in [0.5, 0.6) is 0 Å². The molecule has 0 bridgehead atoms. The molecule has 0 saturated heterocycles. The van der Waals surface area contributed by atoms with Crippen LogP contribution in [0.3, 0.4) is 0 Å². The van der Waals surface area contributed by atoms with Gasteiger partial charge in [-0.1, -0.05) is 35.9 Å². The van der Waals surface area contributed by atoms with Gasteiger partial charge in [-0.05, 0) is 30.7 Å². The monoisotopic (exact) mass is 281 g/mol. The first-order valence-corrected chi connectivity index (χ1v) is 6.80. The quantitative estimate of drug-likeness (QED) is 0.861. The maximum absolute atomic E-state index is 12.2. The fourth-order valence-corrected chi connectivity index (χ4v) is 2.34. The summed E-state index contributed by atoms with van der Waals surface area (Å²) in [5, 5.41) is 2.77. The molecule has 0 aromatic heterocycles. The van der Waals surface area contributed by atoms with Crippen molar-refractivity contribution in [2.75, 3.05) is 5.32 Å². The van der Waals surface area contributed by atoms with E-state index in [0.717, 1.165) is 11.1 Å². The summed E-state index contributed by atoms with van der Waals surface area (Å²) in [5.41, 5.74) is 3.20. The molecule has 1 amide bonds. The Hall–Kier alpha value is -2.62. The normalized spacial score (nSPS) is 16.8. The first-order valence-electron chi connectivity index (χ1n) is 6.80. The molecule has 1 heterocycles. The minimum atomic E-state index is -0.784. The van der Waals surface area contributed by atoms with Crippen LogP contribution in [0.2, 0.25) is 0 Å². The minimum absolute atomic E-state index is 0.304. The van der Waals surface area contributed by atoms with Crippen LogP contribution in [0.15, 0.2) is 48.5 Å². The number of ether oxygens (including phenoxy) is 1. The van der Waals surface area contributed by atoms with Gasteiger partial charge < -0.3 is 10.1 Å². The Balaban J connectivity index is 1.75. The second-order valence-electron chi connectivity index (χ2n) is 5.11. The molecule has 0 aliphatic carbocycles. The highest BCUT2D eigenvalue weighted by Crippen LogP contribution is 2.21. The van der Waals surface area contributed by atoms with Gasteiger partial charge in [-0.3, -0.25) is 4.79 Å². The lowest BCUT2D eigenvalue weighted by Gasteiger charge is -2.23. The summed E-state index contributed by atoms with van der Waals surface area (Å²) in [5.74, 6) is -0.748. The van der Waals surface area contributed by atoms with Gasteiger partial charge in [0.1, 0.15) is 0 Å². The molecule has 2 aromatic rings. The van der Waals surface area contributed by atoms with Crippen LogP contribution in [-0.2, 0) is 16.0 Å². The van der Waals surface area contributed by atoms with Crippen molar-refractivity contribution < 1.29 is 14.3 Å². The molecule has 1 atom stereocenters. The highest BCUT2D eigenvalue weighted by atomic mass is 16.5. The van der Waals surface area contributed by atoms with Crippen LogP contribution < -0.4 is 5.32 Å². The van der Waals surface area contributed by atoms with Crippen LogP contribution in [0, 0.1) is 6.92 Å². The molecule has 4 heteroatoms. The molecule has 1 aliphatic rings. The Labute approximate surface area is 122 Å². The summed E-state index contributed by atoms with van der Waals surface area (Å²) < 4.78 is 5.22. The SMILES string of the molecule is Cc1ccc(NC(=O)[C@H]2Cc3ccccc3C(=O)O2)cc1.